The number of aliphatic hydroxyl groups is 1. The van der Waals surface area contributed by atoms with Gasteiger partial charge in [0.05, 0.1) is 6.61 Å². The van der Waals surface area contributed by atoms with Crippen molar-refractivity contribution < 1.29 is 15.0 Å². The summed E-state index contributed by atoms with van der Waals surface area (Å²) in [5, 5.41) is 18.9. The molecule has 0 unspecified atom stereocenters. The minimum Gasteiger partial charge on any atom is -0.480 e. The summed E-state index contributed by atoms with van der Waals surface area (Å²) >= 11 is 0. The maximum Gasteiger partial charge on any atom is 0.322 e. The lowest BCUT2D eigenvalue weighted by Gasteiger charge is -1.96. The Kier molecular flexibility index (Phi) is 4.82. The summed E-state index contributed by atoms with van der Waals surface area (Å²) in [5.41, 5.74) is 4.77. The predicted molar refractivity (Wildman–Crippen MR) is 35.6 cm³/mol. The number of nitrogens with two attached hydrogens (primary N) is 1. The van der Waals surface area contributed by atoms with Crippen LogP contribution in [0.3, 0.4) is 0 Å². The molecule has 1 fully saturated rings. The molecule has 0 amide bonds. The SMILES string of the molecule is C1CN1.N[C@@H](CO)C(=O)O. The van der Waals surface area contributed by atoms with Crippen molar-refractivity contribution in [3.8, 4) is 0 Å². The molecule has 1 heterocycles. The van der Waals surface area contributed by atoms with Crippen molar-refractivity contribution in [2.75, 3.05) is 19.7 Å². The molecule has 5 nitrogen and oxygen atoms in total. The van der Waals surface area contributed by atoms with Crippen LogP contribution in [0, 0.1) is 0 Å². The van der Waals surface area contributed by atoms with Gasteiger partial charge in [-0.25, -0.2) is 0 Å². The van der Waals surface area contributed by atoms with Gasteiger partial charge in [-0.2, -0.15) is 0 Å². The van der Waals surface area contributed by atoms with Gasteiger partial charge in [0.1, 0.15) is 6.04 Å². The first-order valence-electron chi connectivity index (χ1n) is 2.98. The number of carboxylic acids is 1. The van der Waals surface area contributed by atoms with Gasteiger partial charge in [-0.1, -0.05) is 0 Å². The van der Waals surface area contributed by atoms with E-state index in [-0.39, 0.29) is 0 Å². The van der Waals surface area contributed by atoms with Crippen LogP contribution in [0.25, 0.3) is 0 Å². The molecule has 0 spiro atoms. The quantitative estimate of drug-likeness (QED) is 0.338. The zero-order valence-electron chi connectivity index (χ0n) is 5.58. The van der Waals surface area contributed by atoms with E-state index in [0.717, 1.165) is 0 Å². The second kappa shape index (κ2) is 5.16. The summed E-state index contributed by atoms with van der Waals surface area (Å²) < 4.78 is 0. The Morgan fingerprint density at radius 1 is 1.70 bits per heavy atom. The van der Waals surface area contributed by atoms with Gasteiger partial charge in [0.2, 0.25) is 0 Å². The third-order valence-electron chi connectivity index (χ3n) is 0.764. The van der Waals surface area contributed by atoms with Gasteiger partial charge < -0.3 is 21.3 Å². The third kappa shape index (κ3) is 7.35. The van der Waals surface area contributed by atoms with Gasteiger partial charge in [0.25, 0.3) is 0 Å². The zero-order chi connectivity index (χ0) is 7.98. The van der Waals surface area contributed by atoms with E-state index in [4.69, 9.17) is 15.9 Å². The van der Waals surface area contributed by atoms with Crippen LogP contribution in [0.1, 0.15) is 0 Å². The molecule has 0 aromatic heterocycles. The minimum atomic E-state index is -1.18. The average molecular weight is 148 g/mol. The standard InChI is InChI=1S/C3H7NO3.C2H5N/c4-2(1-5)3(6)7;1-2-3-1/h2,5H,1,4H2,(H,6,7);3H,1-2H2/t2-;/m0./s1. The Morgan fingerprint density at radius 2 is 2.10 bits per heavy atom. The topological polar surface area (TPSA) is 105 Å². The smallest absolute Gasteiger partial charge is 0.322 e. The van der Waals surface area contributed by atoms with Crippen molar-refractivity contribution in [1.29, 1.82) is 0 Å². The summed E-state index contributed by atoms with van der Waals surface area (Å²) in [6.45, 7) is 2.00. The first kappa shape index (κ1) is 9.35. The molecule has 0 radical (unpaired) electrons. The fourth-order valence-electron chi connectivity index (χ4n) is 0.0781. The Hall–Kier alpha value is -0.650. The number of rotatable bonds is 2. The molecule has 0 aliphatic carbocycles. The van der Waals surface area contributed by atoms with Gasteiger partial charge in [-0.15, -0.1) is 0 Å². The van der Waals surface area contributed by atoms with Gasteiger partial charge in [-0.05, 0) is 0 Å². The Labute approximate surface area is 58.8 Å². The summed E-state index contributed by atoms with van der Waals surface area (Å²) in [6, 6.07) is -1.13. The molecule has 0 aromatic rings. The molecule has 1 aliphatic rings. The fourth-order valence-corrected chi connectivity index (χ4v) is 0.0781. The second-order valence-electron chi connectivity index (χ2n) is 1.88. The van der Waals surface area contributed by atoms with Crippen molar-refractivity contribution in [2.45, 2.75) is 6.04 Å². The number of aliphatic carboxylic acids is 1. The fraction of sp³-hybridized carbons (Fsp3) is 0.800. The first-order chi connectivity index (χ1) is 4.68. The predicted octanol–water partition coefficient (Wildman–Crippen LogP) is -2.02. The van der Waals surface area contributed by atoms with Gasteiger partial charge in [-0.3, -0.25) is 4.79 Å². The molecule has 5 heteroatoms. The lowest BCUT2D eigenvalue weighted by atomic mass is 10.3. The number of nitrogens with one attached hydrogen (secondary N) is 1. The van der Waals surface area contributed by atoms with E-state index < -0.39 is 18.6 Å². The van der Waals surface area contributed by atoms with Gasteiger partial charge in [0.15, 0.2) is 0 Å². The maximum absolute atomic E-state index is 9.65. The van der Waals surface area contributed by atoms with Crippen molar-refractivity contribution in [1.82, 2.24) is 5.32 Å². The van der Waals surface area contributed by atoms with Crippen LogP contribution < -0.4 is 11.1 Å². The Bertz CT molecular complexity index is 102. The van der Waals surface area contributed by atoms with Crippen molar-refractivity contribution in [2.24, 2.45) is 5.73 Å². The maximum atomic E-state index is 9.65. The molecule has 60 valence electrons. The molecule has 1 aliphatic heterocycles. The minimum absolute atomic E-state index is 0.505. The van der Waals surface area contributed by atoms with E-state index in [9.17, 15) is 4.79 Å². The second-order valence-corrected chi connectivity index (χ2v) is 1.88. The van der Waals surface area contributed by atoms with Crippen LogP contribution in [-0.4, -0.2) is 41.9 Å². The van der Waals surface area contributed by atoms with Crippen LogP contribution in [-0.2, 0) is 4.79 Å². The van der Waals surface area contributed by atoms with Gasteiger partial charge in [0, 0.05) is 13.1 Å². The number of hydrogen-bond donors (Lipinski definition) is 4. The summed E-state index contributed by atoms with van der Waals surface area (Å²) in [5.74, 6) is -1.18. The zero-order valence-corrected chi connectivity index (χ0v) is 5.58. The van der Waals surface area contributed by atoms with Crippen LogP contribution in [0.15, 0.2) is 0 Å². The van der Waals surface area contributed by atoms with Crippen molar-refractivity contribution >= 4 is 5.97 Å². The van der Waals surface area contributed by atoms with Crippen LogP contribution >= 0.6 is 0 Å². The van der Waals surface area contributed by atoms with E-state index >= 15 is 0 Å². The number of hydrogen-bond acceptors (Lipinski definition) is 4. The lowest BCUT2D eigenvalue weighted by molar-refractivity contribution is -0.139. The molecule has 10 heavy (non-hydrogen) atoms. The van der Waals surface area contributed by atoms with E-state index in [1.54, 1.807) is 0 Å². The molecule has 1 saturated heterocycles. The Balaban J connectivity index is 0.000000219. The van der Waals surface area contributed by atoms with Crippen molar-refractivity contribution in [3.05, 3.63) is 0 Å². The molecule has 0 saturated carbocycles. The summed E-state index contributed by atoms with van der Waals surface area (Å²) in [7, 11) is 0. The van der Waals surface area contributed by atoms with E-state index in [1.165, 1.54) is 13.1 Å². The summed E-state index contributed by atoms with van der Waals surface area (Å²) in [4.78, 5) is 9.65. The first-order valence-corrected chi connectivity index (χ1v) is 2.98. The van der Waals surface area contributed by atoms with E-state index in [2.05, 4.69) is 5.32 Å². The highest BCUT2D eigenvalue weighted by Crippen LogP contribution is 1.71. The molecule has 1 rings (SSSR count). The highest BCUT2D eigenvalue weighted by molar-refractivity contribution is 5.73. The molecule has 5 N–H and O–H groups in total. The van der Waals surface area contributed by atoms with Crippen molar-refractivity contribution in [3.63, 3.8) is 0 Å². The van der Waals surface area contributed by atoms with E-state index in [1.807, 2.05) is 0 Å². The van der Waals surface area contributed by atoms with E-state index in [0.29, 0.717) is 0 Å². The lowest BCUT2D eigenvalue weighted by Crippen LogP contribution is -2.33. The molecular weight excluding hydrogens is 136 g/mol. The van der Waals surface area contributed by atoms with Crippen LogP contribution in [0.4, 0.5) is 0 Å². The van der Waals surface area contributed by atoms with Crippen LogP contribution in [0.2, 0.25) is 0 Å². The highest BCUT2D eigenvalue weighted by atomic mass is 16.4. The molecule has 0 bridgehead atoms. The summed E-state index contributed by atoms with van der Waals surface area (Å²) in [6.07, 6.45) is 0. The normalized spacial score (nSPS) is 16.6. The van der Waals surface area contributed by atoms with Crippen LogP contribution in [0.5, 0.6) is 0 Å². The molecule has 0 aromatic carbocycles. The monoisotopic (exact) mass is 148 g/mol. The Morgan fingerprint density at radius 3 is 2.10 bits per heavy atom. The molecule has 1 atom stereocenters. The number of carboxylic acid groups (broad SMARTS) is 1. The molecular formula is C5H12N2O3. The number of carbonyl (C=O) groups is 1. The average Bonchev–Trinajstić information content (AvgIpc) is 2.70. The highest BCUT2D eigenvalue weighted by Gasteiger charge is 2.06. The largest absolute Gasteiger partial charge is 0.480 e. The van der Waals surface area contributed by atoms with Gasteiger partial charge >= 0.3 is 5.97 Å². The third-order valence-corrected chi connectivity index (χ3v) is 0.764. The number of aliphatic hydroxyl groups excluding tert-OH is 1.